The van der Waals surface area contributed by atoms with E-state index in [1.807, 2.05) is 6.07 Å². The summed E-state index contributed by atoms with van der Waals surface area (Å²) in [6.45, 7) is 4.25. The van der Waals surface area contributed by atoms with E-state index < -0.39 is 41.3 Å². The maximum atomic E-state index is 13.9. The van der Waals surface area contributed by atoms with Crippen molar-refractivity contribution < 1.29 is 36.0 Å². The van der Waals surface area contributed by atoms with E-state index in [9.17, 15) is 31.7 Å². The van der Waals surface area contributed by atoms with Gasteiger partial charge in [0.2, 0.25) is 5.82 Å². The van der Waals surface area contributed by atoms with Gasteiger partial charge < -0.3 is 24.7 Å². The van der Waals surface area contributed by atoms with Crippen molar-refractivity contribution in [1.82, 2.24) is 24.6 Å². The number of H-pyrrole nitrogens is 1. The SMILES string of the molecule is O=C(NS(=O)(=O)c1cnc(NCC2CCS(=O)(=O)CC2)c([N+](=O)[O-])c1)c1ccc(N2CCC3(CC2)CC(N2CCOC[C@H]2c2ccccc2C2CC2)C3)cc1Oc1cnc2[nH]ccc2c1. The van der Waals surface area contributed by atoms with Crippen molar-refractivity contribution >= 4 is 54.0 Å². The Labute approximate surface area is 377 Å². The fourth-order valence-electron chi connectivity index (χ4n) is 10.3. The smallest absolute Gasteiger partial charge is 0.312 e. The fourth-order valence-corrected chi connectivity index (χ4v) is 12.8. The Kier molecular flexibility index (Phi) is 11.5. The average Bonchev–Trinajstić information content (AvgIpc) is 4.04. The molecule has 342 valence electrons. The Balaban J connectivity index is 0.837. The molecule has 10 rings (SSSR count). The van der Waals surface area contributed by atoms with E-state index in [4.69, 9.17) is 9.47 Å². The van der Waals surface area contributed by atoms with E-state index in [0.29, 0.717) is 36.2 Å². The Hall–Kier alpha value is -5.63. The minimum absolute atomic E-state index is 0.0345. The third-order valence-corrected chi connectivity index (χ3v) is 17.2. The summed E-state index contributed by atoms with van der Waals surface area (Å²) in [7, 11) is -7.76. The number of piperidine rings is 1. The summed E-state index contributed by atoms with van der Waals surface area (Å²) in [6.07, 6.45) is 11.9. The van der Waals surface area contributed by atoms with Crippen LogP contribution in [0.4, 0.5) is 17.2 Å². The third-order valence-electron chi connectivity index (χ3n) is 14.2. The minimum atomic E-state index is -4.67. The molecular weight excluding hydrogens is 873 g/mol. The van der Waals surface area contributed by atoms with Crippen molar-refractivity contribution in [3.63, 3.8) is 0 Å². The van der Waals surface area contributed by atoms with Gasteiger partial charge in [0.05, 0.1) is 53.6 Å². The number of nitrogens with one attached hydrogen (secondary N) is 3. The number of sulfone groups is 1. The molecule has 6 heterocycles. The lowest BCUT2D eigenvalue weighted by Gasteiger charge is -2.57. The predicted octanol–water partition coefficient (Wildman–Crippen LogP) is 6.71. The molecular formula is C46H52N8O9S2. The zero-order chi connectivity index (χ0) is 44.9. The molecule has 2 aromatic carbocycles. The molecule has 1 atom stereocenters. The first kappa shape index (κ1) is 43.3. The number of nitro groups is 1. The molecule has 0 bridgehead atoms. The van der Waals surface area contributed by atoms with Crippen molar-refractivity contribution in [2.75, 3.05) is 61.1 Å². The number of pyridine rings is 2. The van der Waals surface area contributed by atoms with E-state index in [0.717, 1.165) is 81.9 Å². The lowest BCUT2D eigenvalue weighted by Crippen LogP contribution is -2.58. The maximum Gasteiger partial charge on any atom is 0.312 e. The Bertz CT molecular complexity index is 2840. The number of aromatic nitrogens is 3. The molecule has 3 saturated heterocycles. The highest BCUT2D eigenvalue weighted by atomic mass is 32.2. The Morgan fingerprint density at radius 2 is 1.74 bits per heavy atom. The van der Waals surface area contributed by atoms with Crippen LogP contribution in [0.15, 0.2) is 84.1 Å². The number of fused-ring (bicyclic) bond motifs is 1. The van der Waals surface area contributed by atoms with Gasteiger partial charge in [0.15, 0.2) is 0 Å². The first-order valence-electron chi connectivity index (χ1n) is 22.4. The topological polar surface area (TPSA) is 219 Å². The van der Waals surface area contributed by atoms with E-state index in [1.165, 1.54) is 36.2 Å². The number of hydrogen-bond donors (Lipinski definition) is 3. The third kappa shape index (κ3) is 9.15. The summed E-state index contributed by atoms with van der Waals surface area (Å²) < 4.78 is 65.5. The van der Waals surface area contributed by atoms with Gasteiger partial charge in [-0.05, 0) is 104 Å². The van der Waals surface area contributed by atoms with Crippen LogP contribution >= 0.6 is 0 Å². The van der Waals surface area contributed by atoms with E-state index in [1.54, 1.807) is 24.4 Å². The van der Waals surface area contributed by atoms with Crippen molar-refractivity contribution in [2.45, 2.75) is 74.3 Å². The van der Waals surface area contributed by atoms with Crippen LogP contribution < -0.4 is 19.7 Å². The van der Waals surface area contributed by atoms with Gasteiger partial charge in [0, 0.05) is 61.6 Å². The number of morpholine rings is 1. The van der Waals surface area contributed by atoms with E-state index in [2.05, 4.69) is 59.1 Å². The molecule has 5 aromatic rings. The fraction of sp³-hybridized carbons (Fsp3) is 0.457. The summed E-state index contributed by atoms with van der Waals surface area (Å²) in [4.78, 5) is 41.2. The van der Waals surface area contributed by atoms with Gasteiger partial charge in [-0.15, -0.1) is 0 Å². The molecule has 3 N–H and O–H groups in total. The van der Waals surface area contributed by atoms with Crippen molar-refractivity contribution in [2.24, 2.45) is 11.3 Å². The first-order valence-corrected chi connectivity index (χ1v) is 25.7. The van der Waals surface area contributed by atoms with Crippen LogP contribution in [0.1, 0.15) is 84.8 Å². The number of ether oxygens (including phenoxy) is 2. The zero-order valence-electron chi connectivity index (χ0n) is 35.9. The van der Waals surface area contributed by atoms with Gasteiger partial charge in [-0.3, -0.25) is 19.8 Å². The largest absolute Gasteiger partial charge is 0.455 e. The molecule has 0 unspecified atom stereocenters. The van der Waals surface area contributed by atoms with Crippen LogP contribution in [0.5, 0.6) is 11.5 Å². The maximum absolute atomic E-state index is 13.9. The lowest BCUT2D eigenvalue weighted by atomic mass is 9.59. The predicted molar refractivity (Wildman–Crippen MR) is 244 cm³/mol. The number of nitrogens with zero attached hydrogens (tertiary/aromatic N) is 5. The van der Waals surface area contributed by atoms with Gasteiger partial charge in [-0.1, -0.05) is 24.3 Å². The number of carbonyl (C=O) groups excluding carboxylic acids is 1. The number of anilines is 2. The van der Waals surface area contributed by atoms with E-state index >= 15 is 0 Å². The van der Waals surface area contributed by atoms with Gasteiger partial charge in [0.25, 0.3) is 15.9 Å². The average molecular weight is 925 g/mol. The quantitative estimate of drug-likeness (QED) is 0.0826. The van der Waals surface area contributed by atoms with Gasteiger partial charge in [-0.2, -0.15) is 0 Å². The van der Waals surface area contributed by atoms with Crippen LogP contribution in [0.25, 0.3) is 11.0 Å². The van der Waals surface area contributed by atoms with Gasteiger partial charge in [-0.25, -0.2) is 31.5 Å². The first-order chi connectivity index (χ1) is 31.3. The highest BCUT2D eigenvalue weighted by Gasteiger charge is 2.50. The number of rotatable bonds is 13. The zero-order valence-corrected chi connectivity index (χ0v) is 37.5. The molecule has 1 spiro atoms. The molecule has 3 aliphatic heterocycles. The Morgan fingerprint density at radius 3 is 2.49 bits per heavy atom. The minimum Gasteiger partial charge on any atom is -0.455 e. The van der Waals surface area contributed by atoms with Crippen LogP contribution in [-0.2, 0) is 24.6 Å². The summed E-state index contributed by atoms with van der Waals surface area (Å²) in [5.41, 5.74) is 3.97. The number of hydrogen-bond acceptors (Lipinski definition) is 14. The molecule has 2 saturated carbocycles. The number of aromatic amines is 1. The second-order valence-electron chi connectivity index (χ2n) is 18.4. The summed E-state index contributed by atoms with van der Waals surface area (Å²) in [5.74, 6) is -0.0243. The summed E-state index contributed by atoms with van der Waals surface area (Å²) in [5, 5.41) is 15.7. The molecule has 17 nitrogen and oxygen atoms in total. The number of carbonyl (C=O) groups is 1. The normalized spacial score (nSPS) is 21.5. The van der Waals surface area contributed by atoms with E-state index in [-0.39, 0.29) is 52.6 Å². The molecule has 65 heavy (non-hydrogen) atoms. The van der Waals surface area contributed by atoms with Crippen molar-refractivity contribution in [3.8, 4) is 11.5 Å². The lowest BCUT2D eigenvalue weighted by molar-refractivity contribution is -0.384. The summed E-state index contributed by atoms with van der Waals surface area (Å²) >= 11 is 0. The van der Waals surface area contributed by atoms with Gasteiger partial charge >= 0.3 is 5.69 Å². The highest BCUT2D eigenvalue weighted by Crippen LogP contribution is 2.54. The van der Waals surface area contributed by atoms with Crippen LogP contribution in [0, 0.1) is 21.4 Å². The highest BCUT2D eigenvalue weighted by molar-refractivity contribution is 7.91. The number of amides is 1. The monoisotopic (exact) mass is 924 g/mol. The van der Waals surface area contributed by atoms with Crippen LogP contribution in [0.2, 0.25) is 0 Å². The van der Waals surface area contributed by atoms with Gasteiger partial charge in [0.1, 0.15) is 31.9 Å². The molecule has 2 aliphatic carbocycles. The Morgan fingerprint density at radius 1 is 0.969 bits per heavy atom. The second-order valence-corrected chi connectivity index (χ2v) is 22.3. The molecule has 1 amide bonds. The number of sulfonamides is 1. The molecule has 3 aromatic heterocycles. The van der Waals surface area contributed by atoms with Crippen molar-refractivity contribution in [1.29, 1.82) is 0 Å². The number of benzene rings is 2. The van der Waals surface area contributed by atoms with Crippen molar-refractivity contribution in [3.05, 3.63) is 106 Å². The summed E-state index contributed by atoms with van der Waals surface area (Å²) in [6, 6.07) is 19.2. The van der Waals surface area contributed by atoms with Crippen LogP contribution in [-0.4, -0.2) is 104 Å². The molecule has 5 fully saturated rings. The molecule has 0 radical (unpaired) electrons. The molecule has 19 heteroatoms. The van der Waals surface area contributed by atoms with Crippen LogP contribution in [0.3, 0.4) is 0 Å². The second kappa shape index (κ2) is 17.3. The standard InChI is InChI=1S/C46H52N8O9S2/c55-45(51-65(60,61)36-23-40(54(56)57)44(50-28-36)48-26-30-10-19-64(58,59)20-11-30)39-8-7-33(22-42(39)63-35-21-32-9-14-47-43(32)49-27-35)52-15-12-46(13-16-52)24-34(25-46)53-17-18-62-29-41(53)38-4-2-1-3-37(38)31-5-6-31/h1-4,7-9,14,21-23,27-28,30-31,34,41H,5-6,10-13,15-20,24-26,29H2,(H,47,49)(H,48,50)(H,51,55)/t41-/m0/s1. The molecule has 5 aliphatic rings.